The van der Waals surface area contributed by atoms with Gasteiger partial charge in [-0.3, -0.25) is 14.7 Å². The van der Waals surface area contributed by atoms with Crippen molar-refractivity contribution < 1.29 is 14.3 Å². The Morgan fingerprint density at radius 2 is 1.82 bits per heavy atom. The molecule has 3 aliphatic heterocycles. The maximum atomic E-state index is 12.8. The molecule has 212 valence electrons. The van der Waals surface area contributed by atoms with Crippen molar-refractivity contribution in [2.45, 2.75) is 44.2 Å². The monoisotopic (exact) mass is 544 g/mol. The number of aromatic nitrogens is 3. The lowest BCUT2D eigenvalue weighted by Gasteiger charge is -2.46. The lowest BCUT2D eigenvalue weighted by atomic mass is 9.75. The molecule has 40 heavy (non-hydrogen) atoms. The van der Waals surface area contributed by atoms with Crippen LogP contribution in [0.2, 0.25) is 0 Å². The van der Waals surface area contributed by atoms with Gasteiger partial charge in [0.15, 0.2) is 0 Å². The van der Waals surface area contributed by atoms with Crippen molar-refractivity contribution in [1.82, 2.24) is 24.4 Å². The maximum Gasteiger partial charge on any atom is 0.225 e. The summed E-state index contributed by atoms with van der Waals surface area (Å²) in [5.74, 6) is 1.29. The van der Waals surface area contributed by atoms with E-state index in [2.05, 4.69) is 57.2 Å². The fourth-order valence-electron chi connectivity index (χ4n) is 7.07. The molecule has 1 saturated carbocycles. The van der Waals surface area contributed by atoms with Crippen molar-refractivity contribution in [3.05, 3.63) is 48.4 Å². The third kappa shape index (κ3) is 4.58. The number of hydrogen-bond acceptors (Lipinski definition) is 7. The van der Waals surface area contributed by atoms with E-state index in [4.69, 9.17) is 14.5 Å². The van der Waals surface area contributed by atoms with Crippen molar-refractivity contribution in [3.63, 3.8) is 0 Å². The second-order valence-electron chi connectivity index (χ2n) is 12.2. The van der Waals surface area contributed by atoms with Gasteiger partial charge < -0.3 is 19.3 Å². The molecular formula is C31H40N6O3. The van der Waals surface area contributed by atoms with Gasteiger partial charge in [-0.15, -0.1) is 0 Å². The van der Waals surface area contributed by atoms with Crippen LogP contribution < -0.4 is 4.90 Å². The number of fused-ring (bicyclic) bond motifs is 1. The third-order valence-corrected chi connectivity index (χ3v) is 9.86. The fraction of sp³-hybridized carbons (Fsp3) is 0.581. The number of amides is 1. The first-order valence-corrected chi connectivity index (χ1v) is 14.9. The summed E-state index contributed by atoms with van der Waals surface area (Å²) in [5.41, 5.74) is 5.06. The summed E-state index contributed by atoms with van der Waals surface area (Å²) >= 11 is 0. The minimum absolute atomic E-state index is 0.246. The Morgan fingerprint density at radius 3 is 2.45 bits per heavy atom. The lowest BCUT2D eigenvalue weighted by Crippen LogP contribution is -2.54. The SMILES string of the molecule is COC1(c2ccc(-c3cc4c(N5CCN(C(=O)[C@H]6C[C@H](C)C6)CC5)ccnn4c3)nc2)CCN(C2COC2)CC1. The summed E-state index contributed by atoms with van der Waals surface area (Å²) < 4.78 is 13.5. The molecule has 0 bridgehead atoms. The molecular weight excluding hydrogens is 504 g/mol. The molecule has 4 aliphatic rings. The average molecular weight is 545 g/mol. The first-order chi connectivity index (χ1) is 19.5. The summed E-state index contributed by atoms with van der Waals surface area (Å²) in [6.45, 7) is 9.22. The Balaban J connectivity index is 1.05. The van der Waals surface area contributed by atoms with Gasteiger partial charge in [0.05, 0.1) is 41.8 Å². The van der Waals surface area contributed by atoms with Gasteiger partial charge in [-0.2, -0.15) is 5.10 Å². The number of hydrogen-bond donors (Lipinski definition) is 0. The maximum absolute atomic E-state index is 12.8. The fourth-order valence-corrected chi connectivity index (χ4v) is 7.07. The normalized spacial score (nSPS) is 25.6. The molecule has 0 spiro atoms. The highest BCUT2D eigenvalue weighted by molar-refractivity contribution is 5.81. The first kappa shape index (κ1) is 25.9. The molecule has 1 aliphatic carbocycles. The Bertz CT molecular complexity index is 1350. The minimum Gasteiger partial charge on any atom is -0.378 e. The van der Waals surface area contributed by atoms with Crippen LogP contribution in [-0.2, 0) is 19.9 Å². The number of likely N-dealkylation sites (tertiary alicyclic amines) is 1. The number of piperidine rings is 1. The minimum atomic E-state index is -0.284. The zero-order valence-electron chi connectivity index (χ0n) is 23.7. The molecule has 0 aromatic carbocycles. The number of pyridine rings is 1. The van der Waals surface area contributed by atoms with Crippen LogP contribution >= 0.6 is 0 Å². The number of rotatable bonds is 6. The summed E-state index contributed by atoms with van der Waals surface area (Å²) in [5, 5.41) is 4.59. The van der Waals surface area contributed by atoms with Crippen LogP contribution in [0, 0.1) is 11.8 Å². The highest BCUT2D eigenvalue weighted by Gasteiger charge is 2.40. The average Bonchev–Trinajstić information content (AvgIpc) is 3.40. The van der Waals surface area contributed by atoms with Crippen LogP contribution in [0.15, 0.2) is 42.9 Å². The topological polar surface area (TPSA) is 75.4 Å². The molecule has 7 rings (SSSR count). The van der Waals surface area contributed by atoms with Gasteiger partial charge in [0, 0.05) is 82.0 Å². The number of nitrogens with zero attached hydrogens (tertiary/aromatic N) is 6. The van der Waals surface area contributed by atoms with Crippen molar-refractivity contribution in [2.75, 3.05) is 64.5 Å². The molecule has 3 aromatic rings. The second kappa shape index (κ2) is 10.4. The Labute approximate surface area is 236 Å². The Hall–Kier alpha value is -3.01. The quantitative estimate of drug-likeness (QED) is 0.471. The summed E-state index contributed by atoms with van der Waals surface area (Å²) in [4.78, 5) is 24.7. The number of ether oxygens (including phenoxy) is 2. The van der Waals surface area contributed by atoms with E-state index < -0.39 is 0 Å². The molecule has 3 aromatic heterocycles. The second-order valence-corrected chi connectivity index (χ2v) is 12.2. The molecule has 9 heteroatoms. The van der Waals surface area contributed by atoms with Gasteiger partial charge in [0.2, 0.25) is 5.91 Å². The molecule has 3 saturated heterocycles. The van der Waals surface area contributed by atoms with Gasteiger partial charge in [-0.1, -0.05) is 13.0 Å². The molecule has 0 atom stereocenters. The van der Waals surface area contributed by atoms with Crippen LogP contribution in [0.1, 0.15) is 38.2 Å². The molecule has 4 fully saturated rings. The van der Waals surface area contributed by atoms with E-state index in [1.807, 2.05) is 24.0 Å². The van der Waals surface area contributed by atoms with Gasteiger partial charge >= 0.3 is 0 Å². The highest BCUT2D eigenvalue weighted by Crippen LogP contribution is 2.38. The van der Waals surface area contributed by atoms with Crippen LogP contribution in [-0.4, -0.2) is 95.9 Å². The molecule has 0 unspecified atom stereocenters. The van der Waals surface area contributed by atoms with E-state index in [0.717, 1.165) is 106 Å². The smallest absolute Gasteiger partial charge is 0.225 e. The molecule has 6 heterocycles. The number of piperazine rings is 1. The standard InChI is InChI=1S/C31H40N6O3/c1-22-15-23(16-22)30(38)36-13-11-35(12-14-36)28-5-8-33-37-19-24(17-29(28)37)27-4-3-25(18-32-27)31(39-2)6-9-34(10-7-31)26-20-40-21-26/h3-5,8,17-19,22-23,26H,6-7,9-16,20-21H2,1-2H3/t22-,23-. The van der Waals surface area contributed by atoms with Crippen molar-refractivity contribution in [2.24, 2.45) is 11.8 Å². The zero-order valence-corrected chi connectivity index (χ0v) is 23.7. The molecule has 0 N–H and O–H groups in total. The first-order valence-electron chi connectivity index (χ1n) is 14.9. The molecule has 0 radical (unpaired) electrons. The Morgan fingerprint density at radius 1 is 1.05 bits per heavy atom. The van der Waals surface area contributed by atoms with Crippen LogP contribution in [0.4, 0.5) is 5.69 Å². The summed E-state index contributed by atoms with van der Waals surface area (Å²) in [6.07, 6.45) is 9.94. The third-order valence-electron chi connectivity index (χ3n) is 9.86. The zero-order chi connectivity index (χ0) is 27.3. The van der Waals surface area contributed by atoms with Crippen molar-refractivity contribution in [1.29, 1.82) is 0 Å². The Kier molecular flexibility index (Phi) is 6.76. The van der Waals surface area contributed by atoms with E-state index in [0.29, 0.717) is 17.9 Å². The predicted molar refractivity (Wildman–Crippen MR) is 153 cm³/mol. The summed E-state index contributed by atoms with van der Waals surface area (Å²) in [7, 11) is 1.83. The van der Waals surface area contributed by atoms with Crippen LogP contribution in [0.25, 0.3) is 16.8 Å². The van der Waals surface area contributed by atoms with E-state index in [9.17, 15) is 4.79 Å². The van der Waals surface area contributed by atoms with Crippen LogP contribution in [0.5, 0.6) is 0 Å². The van der Waals surface area contributed by atoms with E-state index in [1.54, 1.807) is 0 Å². The van der Waals surface area contributed by atoms with Gasteiger partial charge in [-0.25, -0.2) is 4.52 Å². The van der Waals surface area contributed by atoms with E-state index in [-0.39, 0.29) is 11.5 Å². The van der Waals surface area contributed by atoms with Crippen LogP contribution in [0.3, 0.4) is 0 Å². The van der Waals surface area contributed by atoms with Gasteiger partial charge in [-0.05, 0) is 49.8 Å². The largest absolute Gasteiger partial charge is 0.378 e. The van der Waals surface area contributed by atoms with Crippen molar-refractivity contribution in [3.8, 4) is 11.3 Å². The van der Waals surface area contributed by atoms with Gasteiger partial charge in [0.25, 0.3) is 0 Å². The molecule has 9 nitrogen and oxygen atoms in total. The number of anilines is 1. The highest BCUT2D eigenvalue weighted by atomic mass is 16.5. The van der Waals surface area contributed by atoms with Gasteiger partial charge in [0.1, 0.15) is 0 Å². The lowest BCUT2D eigenvalue weighted by molar-refractivity contribution is -0.140. The number of carbonyl (C=O) groups excluding carboxylic acids is 1. The predicted octanol–water partition coefficient (Wildman–Crippen LogP) is 3.43. The molecule has 1 amide bonds. The number of carbonyl (C=O) groups is 1. The van der Waals surface area contributed by atoms with E-state index >= 15 is 0 Å². The summed E-state index contributed by atoms with van der Waals surface area (Å²) in [6, 6.07) is 9.14. The van der Waals surface area contributed by atoms with Crippen molar-refractivity contribution >= 4 is 17.1 Å². The van der Waals surface area contributed by atoms with E-state index in [1.165, 1.54) is 0 Å². The number of methoxy groups -OCH3 is 1.